The number of thiazole rings is 1. The van der Waals surface area contributed by atoms with Gasteiger partial charge in [0.1, 0.15) is 5.69 Å². The molecular weight excluding hydrogens is 376 g/mol. The van der Waals surface area contributed by atoms with Crippen molar-refractivity contribution in [3.8, 4) is 11.3 Å². The average Bonchev–Trinajstić information content (AvgIpc) is 3.46. The molecule has 9 heteroatoms. The van der Waals surface area contributed by atoms with Gasteiger partial charge >= 0.3 is 0 Å². The molecule has 1 aliphatic carbocycles. The van der Waals surface area contributed by atoms with Crippen LogP contribution in [-0.2, 0) is 24.6 Å². The van der Waals surface area contributed by atoms with Gasteiger partial charge in [-0.2, -0.15) is 5.10 Å². The van der Waals surface area contributed by atoms with Gasteiger partial charge in [-0.05, 0) is 25.7 Å². The lowest BCUT2D eigenvalue weighted by Gasteiger charge is -2.22. The van der Waals surface area contributed by atoms with Crippen LogP contribution in [0.3, 0.4) is 0 Å². The first-order chi connectivity index (χ1) is 13.7. The number of nitrogens with zero attached hydrogens (tertiary/aromatic N) is 6. The summed E-state index contributed by atoms with van der Waals surface area (Å²) >= 11 is 1.58. The van der Waals surface area contributed by atoms with E-state index in [0.717, 1.165) is 43.5 Å². The number of carbonyl (C=O) groups is 1. The summed E-state index contributed by atoms with van der Waals surface area (Å²) in [5, 5.41) is 5.07. The zero-order valence-electron chi connectivity index (χ0n) is 15.5. The average molecular weight is 396 g/mol. The third kappa shape index (κ3) is 3.00. The molecule has 1 atom stereocenters. The van der Waals surface area contributed by atoms with E-state index >= 15 is 0 Å². The van der Waals surface area contributed by atoms with E-state index < -0.39 is 0 Å². The molecule has 144 valence electrons. The van der Waals surface area contributed by atoms with Gasteiger partial charge < -0.3 is 4.74 Å². The molecule has 1 fully saturated rings. The lowest BCUT2D eigenvalue weighted by molar-refractivity contribution is 0.0913. The van der Waals surface area contributed by atoms with Crippen molar-refractivity contribution in [2.24, 2.45) is 7.05 Å². The summed E-state index contributed by atoms with van der Waals surface area (Å²) in [6, 6.07) is 0. The fourth-order valence-corrected chi connectivity index (χ4v) is 4.89. The Morgan fingerprint density at radius 2 is 2.29 bits per heavy atom. The Morgan fingerprint density at radius 1 is 1.36 bits per heavy atom. The van der Waals surface area contributed by atoms with Crippen molar-refractivity contribution in [2.45, 2.75) is 31.8 Å². The molecule has 2 aliphatic rings. The highest BCUT2D eigenvalue weighted by Gasteiger charge is 2.31. The van der Waals surface area contributed by atoms with Crippen LogP contribution in [-0.4, -0.2) is 49.9 Å². The molecule has 28 heavy (non-hydrogen) atoms. The smallest absolute Gasteiger partial charge is 0.280 e. The number of aryl methyl sites for hydroxylation is 2. The van der Waals surface area contributed by atoms with Gasteiger partial charge in [-0.1, -0.05) is 0 Å². The summed E-state index contributed by atoms with van der Waals surface area (Å²) in [6.07, 6.45) is 10.3. The van der Waals surface area contributed by atoms with Crippen LogP contribution in [0.5, 0.6) is 0 Å². The maximum absolute atomic E-state index is 13.2. The van der Waals surface area contributed by atoms with Gasteiger partial charge in [-0.15, -0.1) is 11.3 Å². The molecule has 0 aromatic carbocycles. The first kappa shape index (κ1) is 17.4. The number of aromatic nitrogens is 5. The molecule has 1 aliphatic heterocycles. The number of amides is 1. The highest BCUT2D eigenvalue weighted by Crippen LogP contribution is 2.39. The molecule has 1 amide bonds. The third-order valence-electron chi connectivity index (χ3n) is 5.26. The molecule has 0 saturated carbocycles. The van der Waals surface area contributed by atoms with Gasteiger partial charge in [0.05, 0.1) is 30.7 Å². The van der Waals surface area contributed by atoms with Crippen LogP contribution in [0.25, 0.3) is 11.3 Å². The fourth-order valence-electron chi connectivity index (χ4n) is 3.81. The van der Waals surface area contributed by atoms with E-state index in [-0.39, 0.29) is 12.0 Å². The van der Waals surface area contributed by atoms with Gasteiger partial charge in [-0.3, -0.25) is 19.4 Å². The molecule has 0 spiro atoms. The third-order valence-corrected chi connectivity index (χ3v) is 6.40. The summed E-state index contributed by atoms with van der Waals surface area (Å²) in [4.78, 5) is 29.2. The molecule has 0 bridgehead atoms. The Hall–Kier alpha value is -2.65. The topological polar surface area (TPSA) is 86.0 Å². The molecule has 3 aromatic heterocycles. The predicted octanol–water partition coefficient (Wildman–Crippen LogP) is 2.26. The molecular formula is C19H20N6O2S. The number of ether oxygens (including phenoxy) is 1. The van der Waals surface area contributed by atoms with Crippen molar-refractivity contribution < 1.29 is 9.53 Å². The summed E-state index contributed by atoms with van der Waals surface area (Å²) in [5.74, 6) is -0.193. The highest BCUT2D eigenvalue weighted by molar-refractivity contribution is 7.16. The molecule has 0 radical (unpaired) electrons. The van der Waals surface area contributed by atoms with Crippen molar-refractivity contribution in [1.29, 1.82) is 0 Å². The van der Waals surface area contributed by atoms with Gasteiger partial charge in [0.2, 0.25) is 0 Å². The minimum atomic E-state index is -0.193. The lowest BCUT2D eigenvalue weighted by atomic mass is 10.0. The van der Waals surface area contributed by atoms with Crippen molar-refractivity contribution in [3.05, 3.63) is 41.1 Å². The molecule has 3 aromatic rings. The molecule has 1 saturated heterocycles. The summed E-state index contributed by atoms with van der Waals surface area (Å²) in [6.45, 7) is 1.22. The SMILES string of the molecule is Cn1ncc2c1CCc1sc(N(C[C@@H]3CCCO3)C(=O)c3cnccn3)nc1-2. The molecule has 8 nitrogen and oxygen atoms in total. The quantitative estimate of drug-likeness (QED) is 0.672. The fraction of sp³-hybridized carbons (Fsp3) is 0.421. The van der Waals surface area contributed by atoms with E-state index in [0.29, 0.717) is 17.4 Å². The van der Waals surface area contributed by atoms with Crippen LogP contribution in [0.4, 0.5) is 5.13 Å². The summed E-state index contributed by atoms with van der Waals surface area (Å²) in [7, 11) is 1.96. The Bertz CT molecular complexity index is 1010. The molecule has 0 N–H and O–H groups in total. The van der Waals surface area contributed by atoms with Crippen LogP contribution in [0.1, 0.15) is 33.9 Å². The summed E-state index contributed by atoms with van der Waals surface area (Å²) < 4.78 is 7.70. The minimum Gasteiger partial charge on any atom is -0.376 e. The van der Waals surface area contributed by atoms with E-state index in [4.69, 9.17) is 9.72 Å². The van der Waals surface area contributed by atoms with E-state index in [1.54, 1.807) is 22.4 Å². The number of rotatable bonds is 4. The van der Waals surface area contributed by atoms with Crippen LogP contribution in [0, 0.1) is 0 Å². The van der Waals surface area contributed by atoms with Gasteiger partial charge in [0, 0.05) is 42.2 Å². The Balaban J connectivity index is 1.53. The van der Waals surface area contributed by atoms with Crippen LogP contribution in [0.2, 0.25) is 0 Å². The number of fused-ring (bicyclic) bond motifs is 3. The first-order valence-electron chi connectivity index (χ1n) is 9.41. The number of hydrogen-bond donors (Lipinski definition) is 0. The second-order valence-electron chi connectivity index (χ2n) is 7.04. The Morgan fingerprint density at radius 3 is 3.07 bits per heavy atom. The Kier molecular flexibility index (Phi) is 4.40. The molecule has 5 rings (SSSR count). The van der Waals surface area contributed by atoms with Crippen molar-refractivity contribution >= 4 is 22.4 Å². The van der Waals surface area contributed by atoms with Gasteiger partial charge in [-0.25, -0.2) is 9.97 Å². The maximum atomic E-state index is 13.2. The van der Waals surface area contributed by atoms with E-state index in [1.807, 2.05) is 17.9 Å². The van der Waals surface area contributed by atoms with Crippen LogP contribution < -0.4 is 4.90 Å². The monoisotopic (exact) mass is 396 g/mol. The lowest BCUT2D eigenvalue weighted by Crippen LogP contribution is -2.38. The van der Waals surface area contributed by atoms with Crippen molar-refractivity contribution in [3.63, 3.8) is 0 Å². The standard InChI is InChI=1S/C19H20N6O2S/c1-24-15-4-5-16-17(13(15)9-22-24)23-19(28-16)25(11-12-3-2-8-27-12)18(26)14-10-20-6-7-21-14/h6-7,9-10,12H,2-5,8,11H2,1H3/t12-/m0/s1. The van der Waals surface area contributed by atoms with E-state index in [2.05, 4.69) is 15.1 Å². The number of hydrogen-bond acceptors (Lipinski definition) is 7. The first-order valence-corrected chi connectivity index (χ1v) is 10.2. The maximum Gasteiger partial charge on any atom is 0.280 e. The van der Waals surface area contributed by atoms with Crippen molar-refractivity contribution in [1.82, 2.24) is 24.7 Å². The minimum absolute atomic E-state index is 0.0236. The number of anilines is 1. The predicted molar refractivity (Wildman–Crippen MR) is 104 cm³/mol. The normalized spacial score (nSPS) is 18.0. The molecule has 4 heterocycles. The second kappa shape index (κ2) is 7.06. The van der Waals surface area contributed by atoms with Gasteiger partial charge in [0.25, 0.3) is 5.91 Å². The van der Waals surface area contributed by atoms with E-state index in [1.165, 1.54) is 23.0 Å². The van der Waals surface area contributed by atoms with Crippen molar-refractivity contribution in [2.75, 3.05) is 18.1 Å². The van der Waals surface area contributed by atoms with E-state index in [9.17, 15) is 4.79 Å². The zero-order valence-corrected chi connectivity index (χ0v) is 16.4. The van der Waals surface area contributed by atoms with Crippen LogP contribution >= 0.6 is 11.3 Å². The van der Waals surface area contributed by atoms with Gasteiger partial charge in [0.15, 0.2) is 5.13 Å². The number of carbonyl (C=O) groups excluding carboxylic acids is 1. The second-order valence-corrected chi connectivity index (χ2v) is 8.10. The highest BCUT2D eigenvalue weighted by atomic mass is 32.1. The molecule has 0 unspecified atom stereocenters. The largest absolute Gasteiger partial charge is 0.376 e. The summed E-state index contributed by atoms with van der Waals surface area (Å²) in [5.41, 5.74) is 3.51. The van der Waals surface area contributed by atoms with Crippen LogP contribution in [0.15, 0.2) is 24.8 Å². The zero-order chi connectivity index (χ0) is 19.1. The Labute approximate surface area is 166 Å².